The van der Waals surface area contributed by atoms with Gasteiger partial charge >= 0.3 is 0 Å². The predicted octanol–water partition coefficient (Wildman–Crippen LogP) is 0.116. The fourth-order valence-electron chi connectivity index (χ4n) is 1.12. The number of terminal acetylenes is 1. The van der Waals surface area contributed by atoms with Crippen LogP contribution in [0.5, 0.6) is 5.75 Å². The number of nitrogens with two attached hydrogens (primary N) is 1. The van der Waals surface area contributed by atoms with Crippen molar-refractivity contribution in [2.75, 3.05) is 13.2 Å². The maximum atomic E-state index is 11.2. The van der Waals surface area contributed by atoms with E-state index >= 15 is 0 Å². The molecule has 8 heteroatoms. The van der Waals surface area contributed by atoms with Gasteiger partial charge in [0.2, 0.25) is 10.0 Å². The Bertz CT molecular complexity index is 622. The summed E-state index contributed by atoms with van der Waals surface area (Å²) in [5.74, 6) is 2.00. The summed E-state index contributed by atoms with van der Waals surface area (Å²) in [6, 6.07) is 3.69. The summed E-state index contributed by atoms with van der Waals surface area (Å²) in [5.41, 5.74) is 0. The van der Waals surface area contributed by atoms with Gasteiger partial charge in [-0.15, -0.1) is 6.42 Å². The van der Waals surface area contributed by atoms with Crippen LogP contribution in [0.1, 0.15) is 0 Å². The molecule has 0 aliphatic heterocycles. The van der Waals surface area contributed by atoms with Crippen LogP contribution in [0.3, 0.4) is 0 Å². The number of hydrogen-bond donors (Lipinski definition) is 2. The highest BCUT2D eigenvalue weighted by molar-refractivity contribution is 7.89. The van der Waals surface area contributed by atoms with Gasteiger partial charge in [0.15, 0.2) is 6.61 Å². The second-order valence-electron chi connectivity index (χ2n) is 3.41. The van der Waals surface area contributed by atoms with Crippen LogP contribution in [0.15, 0.2) is 23.1 Å². The molecular weight excluding hydrogens is 292 g/mol. The fourth-order valence-corrected chi connectivity index (χ4v) is 1.96. The second-order valence-corrected chi connectivity index (χ2v) is 5.38. The quantitative estimate of drug-likeness (QED) is 0.755. The fraction of sp³-hybridized carbons (Fsp3) is 0.182. The molecule has 3 N–H and O–H groups in total. The van der Waals surface area contributed by atoms with Crippen molar-refractivity contribution in [2.24, 2.45) is 5.14 Å². The topological polar surface area (TPSA) is 98.5 Å². The molecule has 0 bridgehead atoms. The van der Waals surface area contributed by atoms with E-state index in [-0.39, 0.29) is 28.8 Å². The second kappa shape index (κ2) is 6.43. The average molecular weight is 303 g/mol. The van der Waals surface area contributed by atoms with Crippen molar-refractivity contribution in [2.45, 2.75) is 4.90 Å². The summed E-state index contributed by atoms with van der Waals surface area (Å²) in [7, 11) is -3.83. The van der Waals surface area contributed by atoms with E-state index in [1.54, 1.807) is 0 Å². The van der Waals surface area contributed by atoms with Gasteiger partial charge in [0.1, 0.15) is 5.75 Å². The number of primary sulfonamides is 1. The molecule has 1 amide bonds. The molecule has 0 fully saturated rings. The lowest BCUT2D eigenvalue weighted by Crippen LogP contribution is -2.29. The van der Waals surface area contributed by atoms with E-state index in [0.29, 0.717) is 0 Å². The van der Waals surface area contributed by atoms with E-state index < -0.39 is 15.9 Å². The van der Waals surface area contributed by atoms with E-state index in [1.807, 2.05) is 0 Å². The van der Waals surface area contributed by atoms with Crippen molar-refractivity contribution < 1.29 is 17.9 Å². The zero-order chi connectivity index (χ0) is 14.5. The number of hydrogen-bond acceptors (Lipinski definition) is 4. The monoisotopic (exact) mass is 302 g/mol. The third-order valence-electron chi connectivity index (χ3n) is 1.98. The summed E-state index contributed by atoms with van der Waals surface area (Å²) >= 11 is 5.81. The van der Waals surface area contributed by atoms with Crippen molar-refractivity contribution in [1.82, 2.24) is 5.32 Å². The molecule has 0 unspecified atom stereocenters. The molecule has 1 aromatic carbocycles. The number of sulfonamides is 1. The molecule has 0 aromatic heterocycles. The molecule has 1 aromatic rings. The van der Waals surface area contributed by atoms with Crippen molar-refractivity contribution >= 4 is 27.5 Å². The van der Waals surface area contributed by atoms with Crippen LogP contribution in [0, 0.1) is 12.3 Å². The summed E-state index contributed by atoms with van der Waals surface area (Å²) in [4.78, 5) is 11.1. The van der Waals surface area contributed by atoms with Gasteiger partial charge in [-0.3, -0.25) is 4.79 Å². The Morgan fingerprint density at radius 1 is 1.53 bits per heavy atom. The van der Waals surface area contributed by atoms with Gasteiger partial charge < -0.3 is 10.1 Å². The summed E-state index contributed by atoms with van der Waals surface area (Å²) in [5, 5.41) is 7.38. The minimum Gasteiger partial charge on any atom is -0.482 e. The van der Waals surface area contributed by atoms with Crippen molar-refractivity contribution in [3.05, 3.63) is 23.2 Å². The predicted molar refractivity (Wildman–Crippen MR) is 70.2 cm³/mol. The number of benzene rings is 1. The Morgan fingerprint density at radius 2 is 2.21 bits per heavy atom. The standard InChI is InChI=1S/C11H11ClN2O4S/c1-2-5-14-11(15)7-18-10-4-3-8(6-9(10)12)19(13,16)17/h1,3-4,6H,5,7H2,(H,14,15)(H2,13,16,17). The van der Waals surface area contributed by atoms with Gasteiger partial charge in [0, 0.05) is 0 Å². The summed E-state index contributed by atoms with van der Waals surface area (Å²) < 4.78 is 27.3. The van der Waals surface area contributed by atoms with Crippen LogP contribution in [0.4, 0.5) is 0 Å². The number of halogens is 1. The molecule has 0 heterocycles. The van der Waals surface area contributed by atoms with Crippen LogP contribution >= 0.6 is 11.6 Å². The lowest BCUT2D eigenvalue weighted by molar-refractivity contribution is -0.122. The highest BCUT2D eigenvalue weighted by atomic mass is 35.5. The Kier molecular flexibility index (Phi) is 5.18. The molecule has 6 nitrogen and oxygen atoms in total. The van der Waals surface area contributed by atoms with Crippen LogP contribution in [-0.4, -0.2) is 27.5 Å². The molecule has 102 valence electrons. The van der Waals surface area contributed by atoms with Crippen molar-refractivity contribution in [3.63, 3.8) is 0 Å². The molecular formula is C11H11ClN2O4S. The zero-order valence-electron chi connectivity index (χ0n) is 9.72. The molecule has 0 aliphatic carbocycles. The van der Waals surface area contributed by atoms with E-state index in [1.165, 1.54) is 12.1 Å². The van der Waals surface area contributed by atoms with Gasteiger partial charge in [-0.2, -0.15) is 0 Å². The van der Waals surface area contributed by atoms with Crippen LogP contribution in [0.25, 0.3) is 0 Å². The van der Waals surface area contributed by atoms with Gasteiger partial charge in [-0.25, -0.2) is 13.6 Å². The van der Waals surface area contributed by atoms with Gasteiger partial charge in [-0.05, 0) is 18.2 Å². The van der Waals surface area contributed by atoms with Gasteiger partial charge in [0.05, 0.1) is 16.5 Å². The number of rotatable bonds is 5. The molecule has 19 heavy (non-hydrogen) atoms. The molecule has 0 spiro atoms. The SMILES string of the molecule is C#CCNC(=O)COc1ccc(S(N)(=O)=O)cc1Cl. The van der Waals surface area contributed by atoms with E-state index in [0.717, 1.165) is 6.07 Å². The lowest BCUT2D eigenvalue weighted by atomic mass is 10.3. The number of ether oxygens (including phenoxy) is 1. The largest absolute Gasteiger partial charge is 0.482 e. The van der Waals surface area contributed by atoms with Crippen molar-refractivity contribution in [3.8, 4) is 18.1 Å². The third kappa shape index (κ3) is 4.79. The Hall–Kier alpha value is -1.75. The molecule has 0 aliphatic rings. The summed E-state index contributed by atoms with van der Waals surface area (Å²) in [6.45, 7) is -0.184. The summed E-state index contributed by atoms with van der Waals surface area (Å²) in [6.07, 6.45) is 4.97. The molecule has 1 rings (SSSR count). The van der Waals surface area contributed by atoms with Crippen LogP contribution < -0.4 is 15.2 Å². The van der Waals surface area contributed by atoms with E-state index in [2.05, 4.69) is 11.2 Å². The smallest absolute Gasteiger partial charge is 0.258 e. The van der Waals surface area contributed by atoms with Gasteiger partial charge in [-0.1, -0.05) is 17.5 Å². The normalized spacial score (nSPS) is 10.6. The first-order valence-electron chi connectivity index (χ1n) is 5.00. The molecule has 0 atom stereocenters. The highest BCUT2D eigenvalue weighted by Crippen LogP contribution is 2.26. The zero-order valence-corrected chi connectivity index (χ0v) is 11.3. The molecule has 0 radical (unpaired) electrons. The maximum Gasteiger partial charge on any atom is 0.258 e. The maximum absolute atomic E-state index is 11.2. The van der Waals surface area contributed by atoms with Crippen LogP contribution in [0.2, 0.25) is 5.02 Å². The number of nitrogens with one attached hydrogen (secondary N) is 1. The van der Waals surface area contributed by atoms with E-state index in [9.17, 15) is 13.2 Å². The lowest BCUT2D eigenvalue weighted by Gasteiger charge is -2.08. The minimum absolute atomic E-state index is 0.0382. The Labute approximate surface area is 115 Å². The minimum atomic E-state index is -3.83. The molecule has 0 saturated heterocycles. The number of amides is 1. The third-order valence-corrected chi connectivity index (χ3v) is 3.18. The Morgan fingerprint density at radius 3 is 2.74 bits per heavy atom. The highest BCUT2D eigenvalue weighted by Gasteiger charge is 2.12. The number of carbonyl (C=O) groups excluding carboxylic acids is 1. The first-order valence-corrected chi connectivity index (χ1v) is 6.92. The van der Waals surface area contributed by atoms with Crippen molar-refractivity contribution in [1.29, 1.82) is 0 Å². The first-order chi connectivity index (χ1) is 8.84. The Balaban J connectivity index is 2.71. The van der Waals surface area contributed by atoms with Gasteiger partial charge in [0.25, 0.3) is 5.91 Å². The van der Waals surface area contributed by atoms with E-state index in [4.69, 9.17) is 27.9 Å². The average Bonchev–Trinajstić information content (AvgIpc) is 2.33. The molecule has 0 saturated carbocycles. The van der Waals surface area contributed by atoms with Crippen LogP contribution in [-0.2, 0) is 14.8 Å². The first kappa shape index (κ1) is 15.3. The number of carbonyl (C=O) groups is 1.